The lowest BCUT2D eigenvalue weighted by atomic mass is 10.2. The summed E-state index contributed by atoms with van der Waals surface area (Å²) in [7, 11) is 0. The zero-order valence-corrected chi connectivity index (χ0v) is 6.39. The van der Waals surface area contributed by atoms with Crippen LogP contribution in [0.15, 0.2) is 18.4 Å². The van der Waals surface area contributed by atoms with Crippen LogP contribution in [0.1, 0.15) is 13.8 Å². The van der Waals surface area contributed by atoms with Gasteiger partial charge in [-0.25, -0.2) is 0 Å². The van der Waals surface area contributed by atoms with Gasteiger partial charge in [-0.1, -0.05) is 20.4 Å². The van der Waals surface area contributed by atoms with E-state index in [9.17, 15) is 4.79 Å². The molecule has 0 heterocycles. The van der Waals surface area contributed by atoms with Crippen molar-refractivity contribution in [3.05, 3.63) is 18.4 Å². The molecule has 0 N–H and O–H groups in total. The van der Waals surface area contributed by atoms with Crippen LogP contribution in [0.4, 0.5) is 0 Å². The third-order valence-electron chi connectivity index (χ3n) is 0.925. The van der Waals surface area contributed by atoms with Crippen molar-refractivity contribution >= 4 is 5.97 Å². The van der Waals surface area contributed by atoms with Gasteiger partial charge in [0, 0.05) is 0 Å². The summed E-state index contributed by atoms with van der Waals surface area (Å²) < 4.78 is 4.75. The van der Waals surface area contributed by atoms with Gasteiger partial charge < -0.3 is 4.74 Å². The lowest BCUT2D eigenvalue weighted by molar-refractivity contribution is -0.146. The molecule has 0 amide bonds. The Kier molecular flexibility index (Phi) is 4.34. The van der Waals surface area contributed by atoms with Crippen LogP contribution in [0, 0.1) is 5.92 Å². The molecule has 0 radical (unpaired) electrons. The summed E-state index contributed by atoms with van der Waals surface area (Å²) in [6.45, 7) is 7.19. The van der Waals surface area contributed by atoms with E-state index in [1.807, 2.05) is 0 Å². The summed E-state index contributed by atoms with van der Waals surface area (Å²) in [4.78, 5) is 10.7. The first-order valence-electron chi connectivity index (χ1n) is 3.19. The number of ether oxygens (including phenoxy) is 1. The van der Waals surface area contributed by atoms with E-state index in [1.54, 1.807) is 19.9 Å². The minimum absolute atomic E-state index is 0.0572. The summed E-state index contributed by atoms with van der Waals surface area (Å²) >= 11 is 0. The fourth-order valence-electron chi connectivity index (χ4n) is 0.349. The standard InChI is InChI=1S/C8H12O2/c1-4-5-6-10-8(9)7(2)3/h5,7H,1,6H2,2-3H3. The molecule has 56 valence electrons. The third kappa shape index (κ3) is 3.93. The molecule has 0 spiro atoms. The molecule has 2 nitrogen and oxygen atoms in total. The minimum atomic E-state index is -0.188. The summed E-state index contributed by atoms with van der Waals surface area (Å²) in [5, 5.41) is 0. The fourth-order valence-corrected chi connectivity index (χ4v) is 0.349. The van der Waals surface area contributed by atoms with Crippen molar-refractivity contribution in [3.63, 3.8) is 0 Å². The number of esters is 1. The molecule has 0 fully saturated rings. The van der Waals surface area contributed by atoms with E-state index in [0.29, 0.717) is 0 Å². The first-order chi connectivity index (χ1) is 4.68. The Morgan fingerprint density at radius 1 is 1.80 bits per heavy atom. The average Bonchev–Trinajstić information content (AvgIpc) is 1.88. The Bertz CT molecular complexity index is 153. The van der Waals surface area contributed by atoms with E-state index >= 15 is 0 Å². The highest BCUT2D eigenvalue weighted by molar-refractivity contribution is 5.71. The molecule has 0 aromatic rings. The van der Waals surface area contributed by atoms with E-state index in [0.717, 1.165) is 0 Å². The topological polar surface area (TPSA) is 26.3 Å². The Morgan fingerprint density at radius 2 is 2.40 bits per heavy atom. The van der Waals surface area contributed by atoms with Crippen LogP contribution in [0.2, 0.25) is 0 Å². The second-order valence-corrected chi connectivity index (χ2v) is 2.19. The number of carbonyl (C=O) groups excluding carboxylic acids is 1. The monoisotopic (exact) mass is 140 g/mol. The lowest BCUT2D eigenvalue weighted by Gasteiger charge is -2.02. The van der Waals surface area contributed by atoms with E-state index in [2.05, 4.69) is 12.3 Å². The van der Waals surface area contributed by atoms with Crippen LogP contribution in [0.25, 0.3) is 0 Å². The molecular weight excluding hydrogens is 128 g/mol. The molecule has 0 saturated carbocycles. The number of hydrogen-bond acceptors (Lipinski definition) is 2. The third-order valence-corrected chi connectivity index (χ3v) is 0.925. The summed E-state index contributed by atoms with van der Waals surface area (Å²) in [5.41, 5.74) is 2.51. The molecule has 0 atom stereocenters. The highest BCUT2D eigenvalue weighted by Crippen LogP contribution is 1.94. The molecule has 0 unspecified atom stereocenters. The first-order valence-corrected chi connectivity index (χ1v) is 3.19. The molecular formula is C8H12O2. The molecule has 0 bridgehead atoms. The van der Waals surface area contributed by atoms with Gasteiger partial charge in [-0.15, -0.1) is 5.73 Å². The van der Waals surface area contributed by atoms with Crippen molar-refractivity contribution in [1.29, 1.82) is 0 Å². The maximum Gasteiger partial charge on any atom is 0.308 e. The summed E-state index contributed by atoms with van der Waals surface area (Å²) in [6, 6.07) is 0. The highest BCUT2D eigenvalue weighted by atomic mass is 16.5. The van der Waals surface area contributed by atoms with Crippen molar-refractivity contribution < 1.29 is 9.53 Å². The van der Waals surface area contributed by atoms with Crippen LogP contribution in [0.3, 0.4) is 0 Å². The molecule has 10 heavy (non-hydrogen) atoms. The van der Waals surface area contributed by atoms with Gasteiger partial charge in [-0.2, -0.15) is 0 Å². The predicted molar refractivity (Wildman–Crippen MR) is 39.5 cm³/mol. The quantitative estimate of drug-likeness (QED) is 0.439. The number of hydrogen-bond donors (Lipinski definition) is 0. The van der Waals surface area contributed by atoms with Crippen LogP contribution in [-0.4, -0.2) is 12.6 Å². The maximum absolute atomic E-state index is 10.7. The highest BCUT2D eigenvalue weighted by Gasteiger charge is 2.05. The van der Waals surface area contributed by atoms with Crippen LogP contribution in [-0.2, 0) is 9.53 Å². The average molecular weight is 140 g/mol. The number of carbonyl (C=O) groups is 1. The van der Waals surface area contributed by atoms with Gasteiger partial charge >= 0.3 is 5.97 Å². The molecule has 0 aromatic heterocycles. The second kappa shape index (κ2) is 4.83. The first kappa shape index (κ1) is 8.99. The Balaban J connectivity index is 3.49. The van der Waals surface area contributed by atoms with Gasteiger partial charge in [0.2, 0.25) is 0 Å². The molecule has 2 heteroatoms. The Morgan fingerprint density at radius 3 is 2.80 bits per heavy atom. The van der Waals surface area contributed by atoms with Gasteiger partial charge in [0.15, 0.2) is 0 Å². The van der Waals surface area contributed by atoms with Gasteiger partial charge in [-0.3, -0.25) is 4.79 Å². The molecule has 0 aliphatic heterocycles. The van der Waals surface area contributed by atoms with Crippen molar-refractivity contribution in [2.24, 2.45) is 5.92 Å². The molecule has 0 rings (SSSR count). The zero-order valence-electron chi connectivity index (χ0n) is 6.39. The zero-order chi connectivity index (χ0) is 7.98. The van der Waals surface area contributed by atoms with E-state index in [4.69, 9.17) is 4.74 Å². The lowest BCUT2D eigenvalue weighted by Crippen LogP contribution is -2.11. The van der Waals surface area contributed by atoms with Gasteiger partial charge in [-0.05, 0) is 6.08 Å². The largest absolute Gasteiger partial charge is 0.461 e. The molecule has 0 aliphatic carbocycles. The smallest absolute Gasteiger partial charge is 0.308 e. The minimum Gasteiger partial charge on any atom is -0.461 e. The Labute approximate surface area is 61.2 Å². The van der Waals surface area contributed by atoms with Crippen molar-refractivity contribution in [2.45, 2.75) is 13.8 Å². The van der Waals surface area contributed by atoms with Crippen molar-refractivity contribution in [1.82, 2.24) is 0 Å². The normalized spacial score (nSPS) is 8.70. The van der Waals surface area contributed by atoms with Crippen LogP contribution in [0.5, 0.6) is 0 Å². The van der Waals surface area contributed by atoms with Gasteiger partial charge in [0.05, 0.1) is 5.92 Å². The predicted octanol–water partition coefficient (Wildman–Crippen LogP) is 1.53. The molecule has 0 aliphatic rings. The molecule has 0 saturated heterocycles. The van der Waals surface area contributed by atoms with E-state index < -0.39 is 0 Å². The summed E-state index contributed by atoms with van der Waals surface area (Å²) in [5.74, 6) is -0.246. The molecule has 0 aromatic carbocycles. The summed E-state index contributed by atoms with van der Waals surface area (Å²) in [6.07, 6.45) is 1.57. The van der Waals surface area contributed by atoms with Gasteiger partial charge in [0.25, 0.3) is 0 Å². The van der Waals surface area contributed by atoms with Crippen molar-refractivity contribution in [3.8, 4) is 0 Å². The fraction of sp³-hybridized carbons (Fsp3) is 0.500. The van der Waals surface area contributed by atoms with Crippen molar-refractivity contribution in [2.75, 3.05) is 6.61 Å². The van der Waals surface area contributed by atoms with Gasteiger partial charge in [0.1, 0.15) is 6.61 Å². The van der Waals surface area contributed by atoms with Crippen LogP contribution < -0.4 is 0 Å². The number of rotatable bonds is 3. The SMILES string of the molecule is C=C=CCOC(=O)C(C)C. The van der Waals surface area contributed by atoms with Crippen LogP contribution >= 0.6 is 0 Å². The maximum atomic E-state index is 10.7. The van der Waals surface area contributed by atoms with E-state index in [-0.39, 0.29) is 18.5 Å². The van der Waals surface area contributed by atoms with E-state index in [1.165, 1.54) is 0 Å². The second-order valence-electron chi connectivity index (χ2n) is 2.19. The Hall–Kier alpha value is -1.01.